The summed E-state index contributed by atoms with van der Waals surface area (Å²) in [5, 5.41) is 6.25. The Balaban J connectivity index is 3.41. The van der Waals surface area contributed by atoms with Gasteiger partial charge in [0, 0.05) is 31.6 Å². The summed E-state index contributed by atoms with van der Waals surface area (Å²) in [7, 11) is 2.07. The lowest BCUT2D eigenvalue weighted by atomic mass is 10.2. The Hall–Kier alpha value is -0.610. The van der Waals surface area contributed by atoms with Gasteiger partial charge in [-0.3, -0.25) is 4.79 Å². The Morgan fingerprint density at radius 2 is 1.82 bits per heavy atom. The highest BCUT2D eigenvalue weighted by atomic mass is 16.1. The summed E-state index contributed by atoms with van der Waals surface area (Å²) in [6.07, 6.45) is 1.52. The van der Waals surface area contributed by atoms with E-state index in [1.165, 1.54) is 0 Å². The maximum Gasteiger partial charge on any atom is 0.220 e. The largest absolute Gasteiger partial charge is 0.355 e. The van der Waals surface area contributed by atoms with E-state index in [9.17, 15) is 4.79 Å². The van der Waals surface area contributed by atoms with Gasteiger partial charge in [0.1, 0.15) is 0 Å². The van der Waals surface area contributed by atoms with Crippen molar-refractivity contribution in [3.8, 4) is 0 Å². The zero-order chi connectivity index (χ0) is 13.3. The van der Waals surface area contributed by atoms with Gasteiger partial charge in [-0.15, -0.1) is 0 Å². The van der Waals surface area contributed by atoms with E-state index in [0.29, 0.717) is 18.5 Å². The fourth-order valence-electron chi connectivity index (χ4n) is 1.36. The van der Waals surface area contributed by atoms with Gasteiger partial charge in [-0.05, 0) is 33.9 Å². The molecule has 0 aromatic carbocycles. The molecule has 0 saturated carbocycles. The second kappa shape index (κ2) is 9.42. The summed E-state index contributed by atoms with van der Waals surface area (Å²) in [4.78, 5) is 13.7. The quantitative estimate of drug-likeness (QED) is 0.599. The molecule has 0 spiro atoms. The molecule has 0 rings (SSSR count). The summed E-state index contributed by atoms with van der Waals surface area (Å²) in [6, 6.07) is 1.03. The van der Waals surface area contributed by atoms with E-state index < -0.39 is 0 Å². The molecule has 0 aliphatic heterocycles. The molecule has 4 heteroatoms. The lowest BCUT2D eigenvalue weighted by Crippen LogP contribution is -2.36. The van der Waals surface area contributed by atoms with Crippen molar-refractivity contribution in [2.45, 2.75) is 52.6 Å². The molecule has 1 amide bonds. The van der Waals surface area contributed by atoms with E-state index in [4.69, 9.17) is 0 Å². The lowest BCUT2D eigenvalue weighted by molar-refractivity contribution is -0.121. The SMILES string of the molecule is CC(C)NCCCC(=O)NCCN(C)C(C)C. The van der Waals surface area contributed by atoms with E-state index in [0.717, 1.165) is 26.1 Å². The minimum absolute atomic E-state index is 0.160. The summed E-state index contributed by atoms with van der Waals surface area (Å²) in [6.45, 7) is 11.1. The fraction of sp³-hybridized carbons (Fsp3) is 0.923. The van der Waals surface area contributed by atoms with Crippen molar-refractivity contribution in [1.29, 1.82) is 0 Å². The minimum atomic E-state index is 0.160. The second-order valence-electron chi connectivity index (χ2n) is 5.14. The molecule has 0 aliphatic carbocycles. The molecule has 0 aromatic heterocycles. The molecular formula is C13H29N3O. The van der Waals surface area contributed by atoms with Crippen LogP contribution in [0.4, 0.5) is 0 Å². The predicted molar refractivity (Wildman–Crippen MR) is 73.1 cm³/mol. The van der Waals surface area contributed by atoms with E-state index in [-0.39, 0.29) is 5.91 Å². The molecule has 102 valence electrons. The second-order valence-corrected chi connectivity index (χ2v) is 5.14. The van der Waals surface area contributed by atoms with Gasteiger partial charge < -0.3 is 15.5 Å². The van der Waals surface area contributed by atoms with Crippen LogP contribution in [0, 0.1) is 0 Å². The zero-order valence-electron chi connectivity index (χ0n) is 12.0. The third kappa shape index (κ3) is 10.3. The van der Waals surface area contributed by atoms with Crippen LogP contribution in [-0.2, 0) is 4.79 Å². The van der Waals surface area contributed by atoms with Gasteiger partial charge in [-0.2, -0.15) is 0 Å². The predicted octanol–water partition coefficient (Wildman–Crippen LogP) is 1.22. The van der Waals surface area contributed by atoms with Gasteiger partial charge in [0.2, 0.25) is 5.91 Å². The first-order chi connectivity index (χ1) is 7.93. The Kier molecular flexibility index (Phi) is 9.09. The summed E-state index contributed by atoms with van der Waals surface area (Å²) < 4.78 is 0. The van der Waals surface area contributed by atoms with Crippen molar-refractivity contribution in [3.63, 3.8) is 0 Å². The molecule has 0 radical (unpaired) electrons. The third-order valence-corrected chi connectivity index (χ3v) is 2.80. The highest BCUT2D eigenvalue weighted by molar-refractivity contribution is 5.75. The maximum absolute atomic E-state index is 11.5. The Labute approximate surface area is 106 Å². The molecule has 0 saturated heterocycles. The third-order valence-electron chi connectivity index (χ3n) is 2.80. The molecule has 2 N–H and O–H groups in total. The van der Waals surface area contributed by atoms with Crippen molar-refractivity contribution in [3.05, 3.63) is 0 Å². The normalized spacial score (nSPS) is 11.5. The monoisotopic (exact) mass is 243 g/mol. The van der Waals surface area contributed by atoms with Crippen molar-refractivity contribution < 1.29 is 4.79 Å². The Bertz CT molecular complexity index is 205. The van der Waals surface area contributed by atoms with Crippen LogP contribution in [-0.4, -0.2) is 49.6 Å². The average molecular weight is 243 g/mol. The summed E-state index contributed by atoms with van der Waals surface area (Å²) >= 11 is 0. The smallest absolute Gasteiger partial charge is 0.220 e. The van der Waals surface area contributed by atoms with Crippen LogP contribution in [0.3, 0.4) is 0 Å². The number of amides is 1. The number of nitrogens with one attached hydrogen (secondary N) is 2. The van der Waals surface area contributed by atoms with Gasteiger partial charge in [0.25, 0.3) is 0 Å². The van der Waals surface area contributed by atoms with E-state index in [1.807, 2.05) is 0 Å². The van der Waals surface area contributed by atoms with Crippen LogP contribution in [0.2, 0.25) is 0 Å². The number of carbonyl (C=O) groups excluding carboxylic acids is 1. The molecule has 0 unspecified atom stereocenters. The molecule has 17 heavy (non-hydrogen) atoms. The Morgan fingerprint density at radius 1 is 1.18 bits per heavy atom. The standard InChI is InChI=1S/C13H29N3O/c1-11(2)14-8-6-7-13(17)15-9-10-16(5)12(3)4/h11-12,14H,6-10H2,1-5H3,(H,15,17). The van der Waals surface area contributed by atoms with Gasteiger partial charge in [-0.1, -0.05) is 13.8 Å². The van der Waals surface area contributed by atoms with Gasteiger partial charge in [0.05, 0.1) is 0 Å². The van der Waals surface area contributed by atoms with Crippen LogP contribution < -0.4 is 10.6 Å². The topological polar surface area (TPSA) is 44.4 Å². The number of carbonyl (C=O) groups is 1. The molecule has 0 heterocycles. The van der Waals surface area contributed by atoms with Crippen LogP contribution in [0.1, 0.15) is 40.5 Å². The highest BCUT2D eigenvalue weighted by Crippen LogP contribution is 1.92. The molecule has 0 atom stereocenters. The van der Waals surface area contributed by atoms with E-state index in [1.54, 1.807) is 0 Å². The molecular weight excluding hydrogens is 214 g/mol. The highest BCUT2D eigenvalue weighted by Gasteiger charge is 2.04. The van der Waals surface area contributed by atoms with Crippen molar-refractivity contribution in [1.82, 2.24) is 15.5 Å². The van der Waals surface area contributed by atoms with Crippen LogP contribution in [0.5, 0.6) is 0 Å². The summed E-state index contributed by atoms with van der Waals surface area (Å²) in [5.41, 5.74) is 0. The van der Waals surface area contributed by atoms with Crippen molar-refractivity contribution >= 4 is 5.91 Å². The van der Waals surface area contributed by atoms with Crippen molar-refractivity contribution in [2.24, 2.45) is 0 Å². The minimum Gasteiger partial charge on any atom is -0.355 e. The summed E-state index contributed by atoms with van der Waals surface area (Å²) in [5.74, 6) is 0.160. The number of likely N-dealkylation sites (N-methyl/N-ethyl adjacent to an activating group) is 1. The van der Waals surface area contributed by atoms with Gasteiger partial charge >= 0.3 is 0 Å². The van der Waals surface area contributed by atoms with Crippen LogP contribution in [0.25, 0.3) is 0 Å². The number of nitrogens with zero attached hydrogens (tertiary/aromatic N) is 1. The average Bonchev–Trinajstić information content (AvgIpc) is 2.23. The molecule has 0 bridgehead atoms. The van der Waals surface area contributed by atoms with Crippen molar-refractivity contribution in [2.75, 3.05) is 26.7 Å². The molecule has 4 nitrogen and oxygen atoms in total. The Morgan fingerprint density at radius 3 is 2.35 bits per heavy atom. The number of rotatable bonds is 9. The van der Waals surface area contributed by atoms with Gasteiger partial charge in [-0.25, -0.2) is 0 Å². The molecule has 0 aromatic rings. The first kappa shape index (κ1) is 16.4. The van der Waals surface area contributed by atoms with Crippen LogP contribution in [0.15, 0.2) is 0 Å². The number of hydrogen-bond acceptors (Lipinski definition) is 3. The number of hydrogen-bond donors (Lipinski definition) is 2. The van der Waals surface area contributed by atoms with E-state index >= 15 is 0 Å². The molecule has 0 fully saturated rings. The van der Waals surface area contributed by atoms with Crippen LogP contribution >= 0.6 is 0 Å². The maximum atomic E-state index is 11.5. The van der Waals surface area contributed by atoms with Gasteiger partial charge in [0.15, 0.2) is 0 Å². The first-order valence-electron chi connectivity index (χ1n) is 6.63. The fourth-order valence-corrected chi connectivity index (χ4v) is 1.36. The zero-order valence-corrected chi connectivity index (χ0v) is 12.0. The first-order valence-corrected chi connectivity index (χ1v) is 6.63. The lowest BCUT2D eigenvalue weighted by Gasteiger charge is -2.20. The molecule has 0 aliphatic rings. The van der Waals surface area contributed by atoms with E-state index in [2.05, 4.69) is 50.3 Å².